The van der Waals surface area contributed by atoms with Gasteiger partial charge in [-0.05, 0) is 13.3 Å². The first-order valence-corrected chi connectivity index (χ1v) is 6.84. The average molecular weight is 234 g/mol. The molecule has 14 heavy (non-hydrogen) atoms. The molecule has 1 N–H and O–H groups in total. The van der Waals surface area contributed by atoms with E-state index in [1.165, 1.54) is 0 Å². The highest BCUT2D eigenvalue weighted by Gasteiger charge is 2.16. The number of unbranched alkanes of at least 4 members (excludes halogenated alkanes) is 1. The Labute approximate surface area is 88.4 Å². The fraction of sp³-hybridized carbons (Fsp3) is 0.625. The molecule has 0 saturated heterocycles. The monoisotopic (exact) mass is 234 g/mol. The molecule has 1 heterocycles. The number of hydrogen-bond acceptors (Lipinski definition) is 4. The zero-order chi connectivity index (χ0) is 10.6. The van der Waals surface area contributed by atoms with Gasteiger partial charge in [-0.25, -0.2) is 18.1 Å². The minimum Gasteiger partial charge on any atom is -0.229 e. The molecule has 0 aliphatic carbocycles. The predicted octanol–water partition coefficient (Wildman–Crippen LogP) is 1.53. The first-order chi connectivity index (χ1) is 6.56. The molecule has 0 aromatic carbocycles. The summed E-state index contributed by atoms with van der Waals surface area (Å²) in [4.78, 5) is 3.93. The lowest BCUT2D eigenvalue weighted by atomic mass is 10.3. The van der Waals surface area contributed by atoms with Crippen LogP contribution in [0.5, 0.6) is 0 Å². The summed E-state index contributed by atoms with van der Waals surface area (Å²) in [5, 5.41) is 1.73. The fourth-order valence-electron chi connectivity index (χ4n) is 0.901. The number of nitrogens with one attached hydrogen (secondary N) is 1. The maximum absolute atomic E-state index is 11.6. The maximum atomic E-state index is 11.6. The Bertz CT molecular complexity index is 384. The lowest BCUT2D eigenvalue weighted by molar-refractivity contribution is 0.577. The zero-order valence-corrected chi connectivity index (χ0v) is 9.91. The summed E-state index contributed by atoms with van der Waals surface area (Å²) in [6.07, 6.45) is 1.82. The van der Waals surface area contributed by atoms with Gasteiger partial charge in [0.15, 0.2) is 0 Å². The molecule has 1 rings (SSSR count). The van der Waals surface area contributed by atoms with Crippen molar-refractivity contribution in [2.45, 2.75) is 31.0 Å². The summed E-state index contributed by atoms with van der Waals surface area (Å²) < 4.78 is 25.8. The minimum atomic E-state index is -3.35. The Morgan fingerprint density at radius 3 is 2.79 bits per heavy atom. The standard InChI is InChI=1S/C8H14N2O2S2/c1-3-4-5-9-14(11,12)8-10-7(2)6-13-8/h6,9H,3-5H2,1-2H3. The van der Waals surface area contributed by atoms with E-state index in [4.69, 9.17) is 0 Å². The number of nitrogens with zero attached hydrogens (tertiary/aromatic N) is 1. The topological polar surface area (TPSA) is 59.1 Å². The Kier molecular flexibility index (Phi) is 4.03. The molecule has 0 amide bonds. The molecule has 80 valence electrons. The Hall–Kier alpha value is -0.460. The molecule has 0 atom stereocenters. The first-order valence-electron chi connectivity index (χ1n) is 4.48. The van der Waals surface area contributed by atoms with Gasteiger partial charge in [0, 0.05) is 17.6 Å². The third-order valence-corrected chi connectivity index (χ3v) is 4.48. The van der Waals surface area contributed by atoms with Gasteiger partial charge in [0.1, 0.15) is 0 Å². The van der Waals surface area contributed by atoms with Crippen LogP contribution in [0.1, 0.15) is 25.5 Å². The predicted molar refractivity (Wildman–Crippen MR) is 56.9 cm³/mol. The van der Waals surface area contributed by atoms with E-state index in [0.29, 0.717) is 6.54 Å². The summed E-state index contributed by atoms with van der Waals surface area (Å²) in [6, 6.07) is 0. The van der Waals surface area contributed by atoms with Crippen molar-refractivity contribution in [3.05, 3.63) is 11.1 Å². The van der Waals surface area contributed by atoms with Gasteiger partial charge in [0.05, 0.1) is 0 Å². The van der Waals surface area contributed by atoms with Crippen LogP contribution in [0.15, 0.2) is 9.72 Å². The van der Waals surface area contributed by atoms with E-state index in [-0.39, 0.29) is 4.34 Å². The van der Waals surface area contributed by atoms with E-state index in [1.54, 1.807) is 12.3 Å². The number of aromatic nitrogens is 1. The van der Waals surface area contributed by atoms with Crippen molar-refractivity contribution in [2.24, 2.45) is 0 Å². The van der Waals surface area contributed by atoms with Crippen LogP contribution in [0.25, 0.3) is 0 Å². The van der Waals surface area contributed by atoms with Crippen LogP contribution in [-0.2, 0) is 10.0 Å². The van der Waals surface area contributed by atoms with Crippen LogP contribution < -0.4 is 4.72 Å². The third kappa shape index (κ3) is 3.04. The maximum Gasteiger partial charge on any atom is 0.267 e. The van der Waals surface area contributed by atoms with E-state index in [2.05, 4.69) is 9.71 Å². The van der Waals surface area contributed by atoms with Gasteiger partial charge in [0.2, 0.25) is 4.34 Å². The van der Waals surface area contributed by atoms with Gasteiger partial charge in [-0.2, -0.15) is 0 Å². The molecular weight excluding hydrogens is 220 g/mol. The minimum absolute atomic E-state index is 0.158. The summed E-state index contributed by atoms with van der Waals surface area (Å²) in [5.41, 5.74) is 0.742. The van der Waals surface area contributed by atoms with Gasteiger partial charge in [-0.1, -0.05) is 13.3 Å². The lowest BCUT2D eigenvalue weighted by Crippen LogP contribution is -2.24. The molecule has 4 nitrogen and oxygen atoms in total. The molecule has 0 spiro atoms. The van der Waals surface area contributed by atoms with Crippen molar-refractivity contribution >= 4 is 21.4 Å². The Morgan fingerprint density at radius 2 is 2.29 bits per heavy atom. The highest BCUT2D eigenvalue weighted by atomic mass is 32.2. The third-order valence-electron chi connectivity index (χ3n) is 1.65. The van der Waals surface area contributed by atoms with Crippen LogP contribution in [0.3, 0.4) is 0 Å². The van der Waals surface area contributed by atoms with Crippen molar-refractivity contribution in [1.29, 1.82) is 0 Å². The lowest BCUT2D eigenvalue weighted by Gasteiger charge is -2.01. The fourth-order valence-corrected chi connectivity index (χ4v) is 3.05. The SMILES string of the molecule is CCCCNS(=O)(=O)c1nc(C)cs1. The summed E-state index contributed by atoms with van der Waals surface area (Å²) in [5.74, 6) is 0. The van der Waals surface area contributed by atoms with Crippen LogP contribution in [0, 0.1) is 6.92 Å². The van der Waals surface area contributed by atoms with Crippen molar-refractivity contribution in [2.75, 3.05) is 6.54 Å². The summed E-state index contributed by atoms with van der Waals surface area (Å²) >= 11 is 1.15. The molecule has 0 unspecified atom stereocenters. The molecule has 0 radical (unpaired) electrons. The number of aryl methyl sites for hydroxylation is 1. The van der Waals surface area contributed by atoms with Gasteiger partial charge in [-0.15, -0.1) is 11.3 Å². The second-order valence-corrected chi connectivity index (χ2v) is 5.80. The number of rotatable bonds is 5. The molecule has 0 aliphatic rings. The molecule has 0 bridgehead atoms. The summed E-state index contributed by atoms with van der Waals surface area (Å²) in [7, 11) is -3.35. The number of hydrogen-bond donors (Lipinski definition) is 1. The van der Waals surface area contributed by atoms with Gasteiger partial charge in [-0.3, -0.25) is 0 Å². The van der Waals surface area contributed by atoms with E-state index in [9.17, 15) is 8.42 Å². The molecule has 0 saturated carbocycles. The Balaban J connectivity index is 2.66. The average Bonchev–Trinajstić information content (AvgIpc) is 2.53. The van der Waals surface area contributed by atoms with E-state index < -0.39 is 10.0 Å². The van der Waals surface area contributed by atoms with Gasteiger partial charge < -0.3 is 0 Å². The normalized spacial score (nSPS) is 11.9. The van der Waals surface area contributed by atoms with Crippen molar-refractivity contribution < 1.29 is 8.42 Å². The number of thiazole rings is 1. The molecule has 1 aromatic rings. The quantitative estimate of drug-likeness (QED) is 0.786. The van der Waals surface area contributed by atoms with Crippen LogP contribution >= 0.6 is 11.3 Å². The van der Waals surface area contributed by atoms with E-state index >= 15 is 0 Å². The molecule has 1 aromatic heterocycles. The van der Waals surface area contributed by atoms with Gasteiger partial charge in [0.25, 0.3) is 10.0 Å². The largest absolute Gasteiger partial charge is 0.267 e. The highest BCUT2D eigenvalue weighted by Crippen LogP contribution is 2.14. The molecule has 0 aliphatic heterocycles. The molecule has 6 heteroatoms. The second-order valence-electron chi connectivity index (χ2n) is 3.01. The van der Waals surface area contributed by atoms with Crippen molar-refractivity contribution in [3.63, 3.8) is 0 Å². The smallest absolute Gasteiger partial charge is 0.229 e. The first kappa shape index (κ1) is 11.6. The van der Waals surface area contributed by atoms with Crippen LogP contribution in [0.4, 0.5) is 0 Å². The van der Waals surface area contributed by atoms with Crippen molar-refractivity contribution in [3.8, 4) is 0 Å². The van der Waals surface area contributed by atoms with Crippen LogP contribution in [-0.4, -0.2) is 19.9 Å². The van der Waals surface area contributed by atoms with E-state index in [1.807, 2.05) is 6.92 Å². The zero-order valence-electron chi connectivity index (χ0n) is 8.28. The van der Waals surface area contributed by atoms with E-state index in [0.717, 1.165) is 29.9 Å². The number of sulfonamides is 1. The van der Waals surface area contributed by atoms with Crippen molar-refractivity contribution in [1.82, 2.24) is 9.71 Å². The van der Waals surface area contributed by atoms with Crippen LogP contribution in [0.2, 0.25) is 0 Å². The molecule has 0 fully saturated rings. The molecular formula is C8H14N2O2S2. The second kappa shape index (κ2) is 4.86. The summed E-state index contributed by atoms with van der Waals surface area (Å²) in [6.45, 7) is 4.28. The highest BCUT2D eigenvalue weighted by molar-refractivity contribution is 7.91. The van der Waals surface area contributed by atoms with Gasteiger partial charge >= 0.3 is 0 Å². The Morgan fingerprint density at radius 1 is 1.57 bits per heavy atom.